The highest BCUT2D eigenvalue weighted by molar-refractivity contribution is 5.90. The molecule has 0 atom stereocenters. The Labute approximate surface area is 76.6 Å². The molecule has 4 nitrogen and oxygen atoms in total. The maximum Gasteiger partial charge on any atom is 0.225 e. The molecule has 0 radical (unpaired) electrons. The van der Waals surface area contributed by atoms with Crippen LogP contribution < -0.4 is 5.32 Å². The maximum absolute atomic E-state index is 11.0. The van der Waals surface area contributed by atoms with Crippen molar-refractivity contribution in [2.75, 3.05) is 5.32 Å². The zero-order valence-corrected chi connectivity index (χ0v) is 7.45. The van der Waals surface area contributed by atoms with Gasteiger partial charge in [-0.15, -0.1) is 0 Å². The number of aliphatic hydroxyl groups excluding tert-OH is 1. The molecule has 1 rings (SSSR count). The number of carbonyl (C=O) groups is 1. The van der Waals surface area contributed by atoms with Crippen LogP contribution in [0.5, 0.6) is 0 Å². The van der Waals surface area contributed by atoms with E-state index in [4.69, 9.17) is 5.11 Å². The molecule has 70 valence electrons. The standard InChI is InChI=1S/C9H12N2O2/c1-2-8(13)11-9-7(6-12)4-3-5-10-9/h3-5,12H,2,6H2,1H3,(H,10,11,13). The van der Waals surface area contributed by atoms with Crippen molar-refractivity contribution in [2.24, 2.45) is 0 Å². The van der Waals surface area contributed by atoms with E-state index in [2.05, 4.69) is 10.3 Å². The average Bonchev–Trinajstić information content (AvgIpc) is 2.18. The number of nitrogens with one attached hydrogen (secondary N) is 1. The Morgan fingerprint density at radius 1 is 1.69 bits per heavy atom. The number of aromatic nitrogens is 1. The Morgan fingerprint density at radius 2 is 2.46 bits per heavy atom. The highest BCUT2D eigenvalue weighted by Gasteiger charge is 2.04. The second kappa shape index (κ2) is 4.57. The van der Waals surface area contributed by atoms with Crippen molar-refractivity contribution < 1.29 is 9.90 Å². The minimum atomic E-state index is -0.118. The molecule has 0 unspecified atom stereocenters. The van der Waals surface area contributed by atoms with Gasteiger partial charge in [0, 0.05) is 18.2 Å². The van der Waals surface area contributed by atoms with Gasteiger partial charge in [0.2, 0.25) is 5.91 Å². The average molecular weight is 180 g/mol. The quantitative estimate of drug-likeness (QED) is 0.727. The van der Waals surface area contributed by atoms with E-state index in [-0.39, 0.29) is 12.5 Å². The maximum atomic E-state index is 11.0. The molecule has 0 aromatic carbocycles. The van der Waals surface area contributed by atoms with Gasteiger partial charge >= 0.3 is 0 Å². The van der Waals surface area contributed by atoms with Crippen LogP contribution in [-0.4, -0.2) is 16.0 Å². The first-order chi connectivity index (χ1) is 6.27. The number of amides is 1. The summed E-state index contributed by atoms with van der Waals surface area (Å²) in [5, 5.41) is 11.5. The normalized spacial score (nSPS) is 9.69. The molecule has 0 aliphatic rings. The van der Waals surface area contributed by atoms with Crippen molar-refractivity contribution in [1.82, 2.24) is 4.98 Å². The lowest BCUT2D eigenvalue weighted by Crippen LogP contribution is -2.12. The smallest absolute Gasteiger partial charge is 0.225 e. The summed E-state index contributed by atoms with van der Waals surface area (Å²) in [5.74, 6) is 0.338. The van der Waals surface area contributed by atoms with Crippen LogP contribution in [0.15, 0.2) is 18.3 Å². The summed E-state index contributed by atoms with van der Waals surface area (Å²) in [5.41, 5.74) is 0.629. The topological polar surface area (TPSA) is 62.2 Å². The Kier molecular flexibility index (Phi) is 3.40. The summed E-state index contributed by atoms with van der Waals surface area (Å²) >= 11 is 0. The molecule has 0 saturated carbocycles. The first kappa shape index (κ1) is 9.67. The van der Waals surface area contributed by atoms with E-state index in [1.807, 2.05) is 0 Å². The van der Waals surface area contributed by atoms with Gasteiger partial charge in [0.1, 0.15) is 5.82 Å². The molecule has 0 aliphatic heterocycles. The van der Waals surface area contributed by atoms with Crippen molar-refractivity contribution in [2.45, 2.75) is 20.0 Å². The summed E-state index contributed by atoms with van der Waals surface area (Å²) in [6.45, 7) is 1.64. The first-order valence-electron chi connectivity index (χ1n) is 4.12. The van der Waals surface area contributed by atoms with Gasteiger partial charge in [-0.1, -0.05) is 13.0 Å². The van der Waals surface area contributed by atoms with E-state index in [1.54, 1.807) is 25.3 Å². The van der Waals surface area contributed by atoms with Crippen LogP contribution in [-0.2, 0) is 11.4 Å². The second-order valence-electron chi connectivity index (χ2n) is 2.57. The van der Waals surface area contributed by atoms with E-state index >= 15 is 0 Å². The predicted molar refractivity (Wildman–Crippen MR) is 49.1 cm³/mol. The molecule has 1 aromatic rings. The summed E-state index contributed by atoms with van der Waals surface area (Å²) in [6, 6.07) is 3.44. The van der Waals surface area contributed by atoms with E-state index in [0.717, 1.165) is 0 Å². The Balaban J connectivity index is 2.81. The summed E-state index contributed by atoms with van der Waals surface area (Å²) in [7, 11) is 0. The van der Waals surface area contributed by atoms with Crippen LogP contribution in [0, 0.1) is 0 Å². The lowest BCUT2D eigenvalue weighted by Gasteiger charge is -2.05. The van der Waals surface area contributed by atoms with Gasteiger partial charge in [0.25, 0.3) is 0 Å². The Bertz CT molecular complexity index is 299. The molecule has 0 fully saturated rings. The molecule has 1 aromatic heterocycles. The van der Waals surface area contributed by atoms with Gasteiger partial charge in [-0.25, -0.2) is 4.98 Å². The number of aliphatic hydroxyl groups is 1. The number of carbonyl (C=O) groups excluding carboxylic acids is 1. The molecule has 4 heteroatoms. The van der Waals surface area contributed by atoms with Crippen LogP contribution in [0.2, 0.25) is 0 Å². The molecule has 2 N–H and O–H groups in total. The van der Waals surface area contributed by atoms with Crippen molar-refractivity contribution in [3.8, 4) is 0 Å². The fourth-order valence-corrected chi connectivity index (χ4v) is 0.899. The highest BCUT2D eigenvalue weighted by atomic mass is 16.3. The fourth-order valence-electron chi connectivity index (χ4n) is 0.899. The molecule has 0 saturated heterocycles. The van der Waals surface area contributed by atoms with Crippen molar-refractivity contribution in [1.29, 1.82) is 0 Å². The minimum Gasteiger partial charge on any atom is -0.392 e. The van der Waals surface area contributed by atoms with Gasteiger partial charge in [-0.05, 0) is 6.07 Å². The van der Waals surface area contributed by atoms with E-state index in [9.17, 15) is 4.79 Å². The fraction of sp³-hybridized carbons (Fsp3) is 0.333. The molecule has 0 spiro atoms. The van der Waals surface area contributed by atoms with Crippen LogP contribution in [0.3, 0.4) is 0 Å². The largest absolute Gasteiger partial charge is 0.392 e. The molecule has 1 amide bonds. The highest BCUT2D eigenvalue weighted by Crippen LogP contribution is 2.10. The predicted octanol–water partition coefficient (Wildman–Crippen LogP) is 0.922. The number of pyridine rings is 1. The summed E-state index contributed by atoms with van der Waals surface area (Å²) in [4.78, 5) is 15.0. The summed E-state index contributed by atoms with van der Waals surface area (Å²) in [6.07, 6.45) is 1.98. The molecular weight excluding hydrogens is 168 g/mol. The van der Waals surface area contributed by atoms with Crippen LogP contribution in [0.1, 0.15) is 18.9 Å². The van der Waals surface area contributed by atoms with Gasteiger partial charge in [-0.3, -0.25) is 4.79 Å². The number of nitrogens with zero attached hydrogens (tertiary/aromatic N) is 1. The van der Waals surface area contributed by atoms with Crippen LogP contribution in [0.4, 0.5) is 5.82 Å². The van der Waals surface area contributed by atoms with E-state index in [1.165, 1.54) is 0 Å². The van der Waals surface area contributed by atoms with Crippen molar-refractivity contribution in [3.05, 3.63) is 23.9 Å². The third kappa shape index (κ3) is 2.52. The van der Waals surface area contributed by atoms with Gasteiger partial charge in [0.15, 0.2) is 0 Å². The minimum absolute atomic E-state index is 0.103. The third-order valence-corrected chi connectivity index (χ3v) is 1.64. The van der Waals surface area contributed by atoms with Crippen LogP contribution in [0.25, 0.3) is 0 Å². The van der Waals surface area contributed by atoms with Gasteiger partial charge in [-0.2, -0.15) is 0 Å². The SMILES string of the molecule is CCC(=O)Nc1ncccc1CO. The number of rotatable bonds is 3. The molecule has 13 heavy (non-hydrogen) atoms. The number of hydrogen-bond donors (Lipinski definition) is 2. The van der Waals surface area contributed by atoms with Crippen molar-refractivity contribution in [3.63, 3.8) is 0 Å². The number of hydrogen-bond acceptors (Lipinski definition) is 3. The lowest BCUT2D eigenvalue weighted by molar-refractivity contribution is -0.115. The first-order valence-corrected chi connectivity index (χ1v) is 4.12. The third-order valence-electron chi connectivity index (χ3n) is 1.64. The zero-order chi connectivity index (χ0) is 9.68. The van der Waals surface area contributed by atoms with Gasteiger partial charge < -0.3 is 10.4 Å². The molecule has 1 heterocycles. The van der Waals surface area contributed by atoms with Crippen molar-refractivity contribution >= 4 is 11.7 Å². The lowest BCUT2D eigenvalue weighted by atomic mass is 10.2. The van der Waals surface area contributed by atoms with E-state index in [0.29, 0.717) is 17.8 Å². The number of anilines is 1. The zero-order valence-electron chi connectivity index (χ0n) is 7.45. The Morgan fingerprint density at radius 3 is 3.08 bits per heavy atom. The van der Waals surface area contributed by atoms with E-state index < -0.39 is 0 Å². The summed E-state index contributed by atoms with van der Waals surface area (Å²) < 4.78 is 0. The van der Waals surface area contributed by atoms with Gasteiger partial charge in [0.05, 0.1) is 6.61 Å². The second-order valence-corrected chi connectivity index (χ2v) is 2.57. The molecular formula is C9H12N2O2. The molecule has 0 aliphatic carbocycles. The van der Waals surface area contributed by atoms with Crippen LogP contribution >= 0.6 is 0 Å². The monoisotopic (exact) mass is 180 g/mol. The molecule has 0 bridgehead atoms. The Hall–Kier alpha value is -1.42.